The molecule has 64 heavy (non-hydrogen) atoms. The third-order valence-electron chi connectivity index (χ3n) is 12.6. The van der Waals surface area contributed by atoms with Crippen LogP contribution in [-0.4, -0.2) is 47.4 Å². The van der Waals surface area contributed by atoms with Gasteiger partial charge in [0, 0.05) is 12.8 Å². The lowest BCUT2D eigenvalue weighted by molar-refractivity contribution is -0.143. The number of aliphatic hydroxyl groups excluding tert-OH is 2. The molecule has 0 aromatic carbocycles. The highest BCUT2D eigenvalue weighted by molar-refractivity contribution is 5.76. The number of nitrogens with one attached hydrogen (secondary N) is 1. The maximum atomic E-state index is 12.5. The fraction of sp³-hybridized carbons (Fsp3) is 0.828. The first-order valence-corrected chi connectivity index (χ1v) is 27.9. The lowest BCUT2D eigenvalue weighted by Crippen LogP contribution is -2.45. The van der Waals surface area contributed by atoms with Crippen molar-refractivity contribution in [2.75, 3.05) is 13.2 Å². The summed E-state index contributed by atoms with van der Waals surface area (Å²) in [5.74, 6) is -0.104. The normalized spacial score (nSPS) is 13.0. The number of amides is 1. The van der Waals surface area contributed by atoms with E-state index in [9.17, 15) is 19.8 Å². The lowest BCUT2D eigenvalue weighted by Gasteiger charge is -2.20. The van der Waals surface area contributed by atoms with E-state index in [1.807, 2.05) is 6.08 Å². The fourth-order valence-corrected chi connectivity index (χ4v) is 8.25. The molecule has 2 atom stereocenters. The summed E-state index contributed by atoms with van der Waals surface area (Å²) in [4.78, 5) is 24.4. The molecule has 3 N–H and O–H groups in total. The van der Waals surface area contributed by atoms with E-state index >= 15 is 0 Å². The average molecular weight is 898 g/mol. The van der Waals surface area contributed by atoms with Crippen molar-refractivity contribution in [2.45, 2.75) is 296 Å². The van der Waals surface area contributed by atoms with Crippen molar-refractivity contribution in [3.8, 4) is 0 Å². The molecule has 0 radical (unpaired) electrons. The third kappa shape index (κ3) is 49.3. The minimum atomic E-state index is -0.852. The first kappa shape index (κ1) is 61.8. The highest BCUT2D eigenvalue weighted by Gasteiger charge is 2.18. The quantitative estimate of drug-likeness (QED) is 0.0245. The maximum absolute atomic E-state index is 12.5. The summed E-state index contributed by atoms with van der Waals surface area (Å²) in [7, 11) is 0. The summed E-state index contributed by atoms with van der Waals surface area (Å²) >= 11 is 0. The molecule has 1 amide bonds. The van der Waals surface area contributed by atoms with Crippen LogP contribution < -0.4 is 5.32 Å². The van der Waals surface area contributed by atoms with Gasteiger partial charge in [0.05, 0.1) is 25.4 Å². The summed E-state index contributed by atoms with van der Waals surface area (Å²) in [5, 5.41) is 23.1. The first-order valence-electron chi connectivity index (χ1n) is 27.9. The summed E-state index contributed by atoms with van der Waals surface area (Å²) in [6.07, 6.45) is 67.0. The van der Waals surface area contributed by atoms with Gasteiger partial charge in [0.25, 0.3) is 0 Å². The Morgan fingerprint density at radius 3 is 1.25 bits per heavy atom. The highest BCUT2D eigenvalue weighted by atomic mass is 16.5. The Morgan fingerprint density at radius 2 is 0.797 bits per heavy atom. The lowest BCUT2D eigenvalue weighted by atomic mass is 10.0. The molecule has 0 aromatic heterocycles. The van der Waals surface area contributed by atoms with Gasteiger partial charge in [0.2, 0.25) is 5.91 Å². The average Bonchev–Trinajstić information content (AvgIpc) is 3.29. The van der Waals surface area contributed by atoms with Crippen molar-refractivity contribution in [1.29, 1.82) is 0 Å². The van der Waals surface area contributed by atoms with Crippen LogP contribution in [0.2, 0.25) is 0 Å². The van der Waals surface area contributed by atoms with Crippen LogP contribution in [0.25, 0.3) is 0 Å². The van der Waals surface area contributed by atoms with Crippen LogP contribution in [0.4, 0.5) is 0 Å². The first-order chi connectivity index (χ1) is 31.5. The third-order valence-corrected chi connectivity index (χ3v) is 12.6. The minimum absolute atomic E-state index is 0.0258. The zero-order chi connectivity index (χ0) is 46.5. The van der Waals surface area contributed by atoms with Crippen LogP contribution >= 0.6 is 0 Å². The van der Waals surface area contributed by atoms with Gasteiger partial charge >= 0.3 is 5.97 Å². The Morgan fingerprint density at radius 1 is 0.438 bits per heavy atom. The van der Waals surface area contributed by atoms with E-state index in [1.165, 1.54) is 180 Å². The van der Waals surface area contributed by atoms with Gasteiger partial charge in [0.1, 0.15) is 0 Å². The molecule has 6 nitrogen and oxygen atoms in total. The Labute approximate surface area is 397 Å². The van der Waals surface area contributed by atoms with E-state index in [0.717, 1.165) is 77.0 Å². The van der Waals surface area contributed by atoms with Crippen molar-refractivity contribution in [3.63, 3.8) is 0 Å². The minimum Gasteiger partial charge on any atom is -0.466 e. The summed E-state index contributed by atoms with van der Waals surface area (Å²) in [6, 6.07) is -0.636. The van der Waals surface area contributed by atoms with Crippen molar-refractivity contribution < 1.29 is 24.5 Å². The second-order valence-electron chi connectivity index (χ2n) is 18.9. The van der Waals surface area contributed by atoms with Crippen molar-refractivity contribution in [2.24, 2.45) is 0 Å². The van der Waals surface area contributed by atoms with E-state index in [-0.39, 0.29) is 18.5 Å². The molecular formula is C58H107NO5. The van der Waals surface area contributed by atoms with E-state index in [0.29, 0.717) is 19.4 Å². The number of carbonyl (C=O) groups excluding carboxylic acids is 2. The number of ether oxygens (including phenoxy) is 1. The van der Waals surface area contributed by atoms with Gasteiger partial charge in [-0.05, 0) is 83.5 Å². The maximum Gasteiger partial charge on any atom is 0.305 e. The Bertz CT molecular complexity index is 1080. The van der Waals surface area contributed by atoms with Crippen molar-refractivity contribution in [1.82, 2.24) is 5.32 Å². The molecule has 0 aliphatic carbocycles. The second-order valence-corrected chi connectivity index (χ2v) is 18.9. The highest BCUT2D eigenvalue weighted by Crippen LogP contribution is 2.16. The Balaban J connectivity index is 3.53. The van der Waals surface area contributed by atoms with Crippen molar-refractivity contribution in [3.05, 3.63) is 48.6 Å². The molecular weight excluding hydrogens is 791 g/mol. The standard InChI is InChI=1S/C58H107NO5/c1-3-5-7-9-11-13-15-16-17-21-24-27-31-34-38-42-46-50-56(61)55(54-60)59-57(62)51-47-43-39-35-32-28-25-22-19-18-20-23-26-29-33-37-41-45-49-53-64-58(63)52-48-44-40-36-30-14-12-10-8-6-4-2/h10,12,23,26,29,33,46,50,55-56,60-61H,3-9,11,13-22,24-25,27-28,30-32,34-45,47-49,51-54H2,1-2H3,(H,59,62)/b12-10-,26-23-,33-29-,50-46+. The predicted octanol–water partition coefficient (Wildman–Crippen LogP) is 17.0. The Hall–Kier alpha value is -2.18. The molecule has 0 spiro atoms. The summed E-state index contributed by atoms with van der Waals surface area (Å²) in [6.45, 7) is 4.82. The zero-order valence-corrected chi connectivity index (χ0v) is 42.5. The number of hydrogen-bond acceptors (Lipinski definition) is 5. The van der Waals surface area contributed by atoms with Crippen LogP contribution in [0.1, 0.15) is 284 Å². The smallest absolute Gasteiger partial charge is 0.305 e. The summed E-state index contributed by atoms with van der Waals surface area (Å²) in [5.41, 5.74) is 0. The van der Waals surface area contributed by atoms with E-state index in [2.05, 4.69) is 55.6 Å². The van der Waals surface area contributed by atoms with Crippen LogP contribution in [0.15, 0.2) is 48.6 Å². The van der Waals surface area contributed by atoms with Crippen molar-refractivity contribution >= 4 is 11.9 Å². The molecule has 2 unspecified atom stereocenters. The van der Waals surface area contributed by atoms with E-state index < -0.39 is 12.1 Å². The van der Waals surface area contributed by atoms with E-state index in [4.69, 9.17) is 4.74 Å². The van der Waals surface area contributed by atoms with Gasteiger partial charge in [-0.15, -0.1) is 0 Å². The van der Waals surface area contributed by atoms with Gasteiger partial charge in [-0.2, -0.15) is 0 Å². The zero-order valence-electron chi connectivity index (χ0n) is 42.5. The van der Waals surface area contributed by atoms with Gasteiger partial charge < -0.3 is 20.3 Å². The molecule has 0 aromatic rings. The number of allylic oxidation sites excluding steroid dienone is 7. The fourth-order valence-electron chi connectivity index (χ4n) is 8.25. The van der Waals surface area contributed by atoms with Gasteiger partial charge in [-0.25, -0.2) is 0 Å². The number of carbonyl (C=O) groups is 2. The van der Waals surface area contributed by atoms with E-state index in [1.54, 1.807) is 6.08 Å². The number of unbranched alkanes of at least 4 members (excludes halogenated alkanes) is 35. The molecule has 0 aliphatic rings. The predicted molar refractivity (Wildman–Crippen MR) is 278 cm³/mol. The van der Waals surface area contributed by atoms with Gasteiger partial charge in [-0.3, -0.25) is 9.59 Å². The monoisotopic (exact) mass is 898 g/mol. The summed E-state index contributed by atoms with van der Waals surface area (Å²) < 4.78 is 5.42. The van der Waals surface area contributed by atoms with Crippen LogP contribution in [-0.2, 0) is 14.3 Å². The SMILES string of the molecule is CCCC/C=C\CCCCCCCC(=O)OCCCCC/C=C\C=C/CCCCCCCCCCCCC(=O)NC(CO)C(O)/C=C/CCCCCCCCCCCCCCCCC. The molecule has 0 heterocycles. The molecule has 0 saturated heterocycles. The molecule has 0 bridgehead atoms. The van der Waals surface area contributed by atoms with Crippen LogP contribution in [0.5, 0.6) is 0 Å². The molecule has 0 aliphatic heterocycles. The molecule has 6 heteroatoms. The molecule has 0 fully saturated rings. The van der Waals surface area contributed by atoms with Gasteiger partial charge in [-0.1, -0.05) is 236 Å². The van der Waals surface area contributed by atoms with Crippen LogP contribution in [0, 0.1) is 0 Å². The number of aliphatic hydroxyl groups is 2. The number of esters is 1. The molecule has 0 rings (SSSR count). The Kier molecular flexibility index (Phi) is 51.6. The molecule has 0 saturated carbocycles. The number of rotatable bonds is 51. The second kappa shape index (κ2) is 53.4. The van der Waals surface area contributed by atoms with Gasteiger partial charge in [0.15, 0.2) is 0 Å². The van der Waals surface area contributed by atoms with Crippen LogP contribution in [0.3, 0.4) is 0 Å². The number of hydrogen-bond donors (Lipinski definition) is 3. The molecule has 374 valence electrons. The topological polar surface area (TPSA) is 95.9 Å². The largest absolute Gasteiger partial charge is 0.466 e.